The second kappa shape index (κ2) is 6.60. The first-order valence-electron chi connectivity index (χ1n) is 8.06. The van der Waals surface area contributed by atoms with Crippen LogP contribution in [0.3, 0.4) is 0 Å². The number of carbonyl (C=O) groups excluding carboxylic acids is 1. The number of nitrogens with zero attached hydrogens (tertiary/aromatic N) is 4. The van der Waals surface area contributed by atoms with Crippen LogP contribution in [0.25, 0.3) is 0 Å². The van der Waals surface area contributed by atoms with Gasteiger partial charge >= 0.3 is 0 Å². The van der Waals surface area contributed by atoms with Gasteiger partial charge in [-0.25, -0.2) is 4.98 Å². The summed E-state index contributed by atoms with van der Waals surface area (Å²) in [4.78, 5) is 25.2. The molecule has 2 saturated heterocycles. The van der Waals surface area contributed by atoms with Gasteiger partial charge in [0.15, 0.2) is 0 Å². The molecule has 2 atom stereocenters. The van der Waals surface area contributed by atoms with Crippen molar-refractivity contribution in [3.05, 3.63) is 18.6 Å². The van der Waals surface area contributed by atoms with Crippen molar-refractivity contribution >= 4 is 11.7 Å². The van der Waals surface area contributed by atoms with E-state index in [-0.39, 0.29) is 18.1 Å². The summed E-state index contributed by atoms with van der Waals surface area (Å²) in [5.74, 6) is 1.39. The highest BCUT2D eigenvalue weighted by atomic mass is 16.5. The minimum Gasteiger partial charge on any atom is -0.368 e. The van der Waals surface area contributed by atoms with Crippen LogP contribution in [-0.2, 0) is 9.53 Å². The molecule has 3 rings (SSSR count). The van der Waals surface area contributed by atoms with E-state index in [0.717, 1.165) is 38.2 Å². The summed E-state index contributed by atoms with van der Waals surface area (Å²) in [6.07, 6.45) is 7.85. The first-order valence-corrected chi connectivity index (χ1v) is 8.06. The third-order valence-electron chi connectivity index (χ3n) is 4.86. The van der Waals surface area contributed by atoms with Gasteiger partial charge in [-0.3, -0.25) is 9.78 Å². The van der Waals surface area contributed by atoms with Crippen molar-refractivity contribution in [1.29, 1.82) is 0 Å². The Kier molecular flexibility index (Phi) is 4.57. The van der Waals surface area contributed by atoms with E-state index in [1.165, 1.54) is 0 Å². The highest BCUT2D eigenvalue weighted by molar-refractivity contribution is 5.81. The molecule has 6 nitrogen and oxygen atoms in total. The van der Waals surface area contributed by atoms with E-state index in [0.29, 0.717) is 12.5 Å². The predicted octanol–water partition coefficient (Wildman–Crippen LogP) is 1.33. The van der Waals surface area contributed by atoms with Crippen LogP contribution in [0.15, 0.2) is 18.6 Å². The molecule has 1 aromatic heterocycles. The molecule has 0 bridgehead atoms. The Morgan fingerprint density at radius 3 is 2.68 bits per heavy atom. The number of likely N-dealkylation sites (N-methyl/N-ethyl adjacent to an activating group) is 1. The Labute approximate surface area is 131 Å². The number of hydrogen-bond donors (Lipinski definition) is 0. The molecule has 0 aliphatic carbocycles. The monoisotopic (exact) mass is 304 g/mol. The zero-order chi connectivity index (χ0) is 15.5. The molecule has 0 radical (unpaired) electrons. The Bertz CT molecular complexity index is 502. The van der Waals surface area contributed by atoms with E-state index in [2.05, 4.69) is 21.8 Å². The van der Waals surface area contributed by atoms with E-state index in [1.807, 2.05) is 11.9 Å². The lowest BCUT2D eigenvalue weighted by Gasteiger charge is -2.38. The van der Waals surface area contributed by atoms with Gasteiger partial charge in [-0.1, -0.05) is 6.92 Å². The highest BCUT2D eigenvalue weighted by Crippen LogP contribution is 2.25. The van der Waals surface area contributed by atoms with Crippen molar-refractivity contribution in [2.75, 3.05) is 31.6 Å². The summed E-state index contributed by atoms with van der Waals surface area (Å²) < 4.78 is 5.61. The standard InChI is InChI=1S/C16H24N4O2/c1-12-5-10-22-15(12)16(21)19(2)13-3-8-20(9-4-13)14-11-17-6-7-18-14/h6-7,11-13,15H,3-5,8-10H2,1-2H3/t12-,15+/m1/s1. The minimum atomic E-state index is -0.247. The third-order valence-corrected chi connectivity index (χ3v) is 4.86. The Balaban J connectivity index is 1.55. The molecule has 1 aromatic rings. The highest BCUT2D eigenvalue weighted by Gasteiger charge is 2.36. The normalized spacial score (nSPS) is 26.2. The maximum absolute atomic E-state index is 12.6. The molecular formula is C16H24N4O2. The molecule has 6 heteroatoms. The average Bonchev–Trinajstić information content (AvgIpc) is 3.00. The lowest BCUT2D eigenvalue weighted by atomic mass is 9.99. The summed E-state index contributed by atoms with van der Waals surface area (Å²) in [6.45, 7) is 4.61. The fourth-order valence-corrected chi connectivity index (χ4v) is 3.33. The van der Waals surface area contributed by atoms with Crippen molar-refractivity contribution in [1.82, 2.24) is 14.9 Å². The van der Waals surface area contributed by atoms with Gasteiger partial charge in [0.05, 0.1) is 6.20 Å². The zero-order valence-corrected chi connectivity index (χ0v) is 13.3. The van der Waals surface area contributed by atoms with Gasteiger partial charge in [-0.05, 0) is 25.2 Å². The van der Waals surface area contributed by atoms with Gasteiger partial charge in [0, 0.05) is 45.2 Å². The Morgan fingerprint density at radius 1 is 1.32 bits per heavy atom. The summed E-state index contributed by atoms with van der Waals surface area (Å²) in [5.41, 5.74) is 0. The number of piperidine rings is 1. The molecule has 120 valence electrons. The average molecular weight is 304 g/mol. The van der Waals surface area contributed by atoms with Gasteiger partial charge in [0.1, 0.15) is 11.9 Å². The predicted molar refractivity (Wildman–Crippen MR) is 83.6 cm³/mol. The van der Waals surface area contributed by atoms with E-state index in [1.54, 1.807) is 18.6 Å². The summed E-state index contributed by atoms with van der Waals surface area (Å²) in [5, 5.41) is 0. The fraction of sp³-hybridized carbons (Fsp3) is 0.688. The fourth-order valence-electron chi connectivity index (χ4n) is 3.33. The van der Waals surface area contributed by atoms with Crippen molar-refractivity contribution in [2.24, 2.45) is 5.92 Å². The van der Waals surface area contributed by atoms with Crippen LogP contribution in [-0.4, -0.2) is 59.7 Å². The Hall–Kier alpha value is -1.69. The molecule has 0 aromatic carbocycles. The number of ether oxygens (including phenoxy) is 1. The van der Waals surface area contributed by atoms with Crippen LogP contribution < -0.4 is 4.90 Å². The van der Waals surface area contributed by atoms with Crippen LogP contribution in [0.5, 0.6) is 0 Å². The van der Waals surface area contributed by atoms with Crippen molar-refractivity contribution < 1.29 is 9.53 Å². The van der Waals surface area contributed by atoms with Crippen LogP contribution >= 0.6 is 0 Å². The number of carbonyl (C=O) groups is 1. The summed E-state index contributed by atoms with van der Waals surface area (Å²) >= 11 is 0. The van der Waals surface area contributed by atoms with Crippen LogP contribution in [0, 0.1) is 5.92 Å². The van der Waals surface area contributed by atoms with Crippen molar-refractivity contribution in [3.8, 4) is 0 Å². The van der Waals surface area contributed by atoms with Crippen LogP contribution in [0.4, 0.5) is 5.82 Å². The van der Waals surface area contributed by atoms with E-state index >= 15 is 0 Å². The largest absolute Gasteiger partial charge is 0.368 e. The van der Waals surface area contributed by atoms with E-state index < -0.39 is 0 Å². The quantitative estimate of drug-likeness (QED) is 0.843. The topological polar surface area (TPSA) is 58.6 Å². The molecule has 3 heterocycles. The SMILES string of the molecule is C[C@@H]1CCO[C@@H]1C(=O)N(C)C1CCN(c2cnccn2)CC1. The molecule has 0 spiro atoms. The molecule has 2 aliphatic heterocycles. The first kappa shape index (κ1) is 15.2. The van der Waals surface area contributed by atoms with Gasteiger partial charge in [0.2, 0.25) is 0 Å². The van der Waals surface area contributed by atoms with Crippen molar-refractivity contribution in [2.45, 2.75) is 38.3 Å². The second-order valence-corrected chi connectivity index (χ2v) is 6.29. The number of anilines is 1. The zero-order valence-electron chi connectivity index (χ0n) is 13.3. The Morgan fingerprint density at radius 2 is 2.09 bits per heavy atom. The van der Waals surface area contributed by atoms with E-state index in [9.17, 15) is 4.79 Å². The lowest BCUT2D eigenvalue weighted by molar-refractivity contribution is -0.143. The molecule has 1 amide bonds. The van der Waals surface area contributed by atoms with Gasteiger partial charge in [-0.2, -0.15) is 0 Å². The smallest absolute Gasteiger partial charge is 0.251 e. The molecule has 0 saturated carbocycles. The first-order chi connectivity index (χ1) is 10.7. The number of rotatable bonds is 3. The van der Waals surface area contributed by atoms with E-state index in [4.69, 9.17) is 4.74 Å². The molecule has 22 heavy (non-hydrogen) atoms. The molecule has 2 aliphatic rings. The number of hydrogen-bond acceptors (Lipinski definition) is 5. The maximum atomic E-state index is 12.6. The molecule has 0 N–H and O–H groups in total. The van der Waals surface area contributed by atoms with Gasteiger partial charge < -0.3 is 14.5 Å². The maximum Gasteiger partial charge on any atom is 0.251 e. The third kappa shape index (κ3) is 3.06. The second-order valence-electron chi connectivity index (χ2n) is 6.29. The summed E-state index contributed by atoms with van der Waals surface area (Å²) in [6, 6.07) is 0.289. The van der Waals surface area contributed by atoms with Gasteiger partial charge in [0.25, 0.3) is 5.91 Å². The van der Waals surface area contributed by atoms with Crippen molar-refractivity contribution in [3.63, 3.8) is 0 Å². The molecule has 2 fully saturated rings. The molecule has 0 unspecified atom stereocenters. The lowest BCUT2D eigenvalue weighted by Crippen LogP contribution is -2.49. The number of amides is 1. The van der Waals surface area contributed by atoms with Crippen LogP contribution in [0.1, 0.15) is 26.2 Å². The summed E-state index contributed by atoms with van der Waals surface area (Å²) in [7, 11) is 1.92. The molecular weight excluding hydrogens is 280 g/mol. The number of aromatic nitrogens is 2. The minimum absolute atomic E-state index is 0.142. The van der Waals surface area contributed by atoms with Crippen LogP contribution in [0.2, 0.25) is 0 Å². The van der Waals surface area contributed by atoms with Gasteiger partial charge in [-0.15, -0.1) is 0 Å².